The molecule has 0 bridgehead atoms. The van der Waals surface area contributed by atoms with Gasteiger partial charge in [0.15, 0.2) is 0 Å². The van der Waals surface area contributed by atoms with Gasteiger partial charge in [0.2, 0.25) is 5.91 Å². The van der Waals surface area contributed by atoms with E-state index in [1.54, 1.807) is 0 Å². The Hall–Kier alpha value is -0.610. The van der Waals surface area contributed by atoms with Crippen LogP contribution in [0.5, 0.6) is 0 Å². The number of amides is 1. The summed E-state index contributed by atoms with van der Waals surface area (Å²) >= 11 is 0. The number of carbonyl (C=O) groups is 1. The predicted molar refractivity (Wildman–Crippen MR) is 62.2 cm³/mol. The molecule has 0 unspecified atom stereocenters. The van der Waals surface area contributed by atoms with Crippen LogP contribution in [0.25, 0.3) is 0 Å². The van der Waals surface area contributed by atoms with Crippen LogP contribution in [0.2, 0.25) is 0 Å². The van der Waals surface area contributed by atoms with Crippen molar-refractivity contribution in [3.8, 4) is 0 Å². The largest absolute Gasteiger partial charge is 0.381 e. The highest BCUT2D eigenvalue weighted by molar-refractivity contribution is 5.79. The number of carbonyl (C=O) groups excluding carboxylic acids is 1. The van der Waals surface area contributed by atoms with Crippen molar-refractivity contribution >= 4 is 5.91 Å². The number of piperidine rings is 1. The Balaban J connectivity index is 1.85. The molecule has 0 aromatic heterocycles. The maximum Gasteiger partial charge on any atom is 0.224 e. The lowest BCUT2D eigenvalue weighted by Crippen LogP contribution is -2.53. The van der Waals surface area contributed by atoms with Gasteiger partial charge in [-0.05, 0) is 39.2 Å². The Morgan fingerprint density at radius 2 is 2.19 bits per heavy atom. The summed E-state index contributed by atoms with van der Waals surface area (Å²) in [6, 6.07) is 0. The zero-order valence-corrected chi connectivity index (χ0v) is 10.1. The first-order valence-electron chi connectivity index (χ1n) is 6.30. The van der Waals surface area contributed by atoms with E-state index in [1.807, 2.05) is 0 Å². The molecule has 2 N–H and O–H groups in total. The van der Waals surface area contributed by atoms with Crippen LogP contribution in [0.1, 0.15) is 32.6 Å². The molecule has 4 heteroatoms. The Bertz CT molecular complexity index is 243. The molecule has 4 nitrogen and oxygen atoms in total. The molecule has 0 aromatic rings. The summed E-state index contributed by atoms with van der Waals surface area (Å²) in [5, 5.41) is 6.49. The molecule has 2 saturated heterocycles. The van der Waals surface area contributed by atoms with Gasteiger partial charge in [-0.1, -0.05) is 0 Å². The molecule has 0 radical (unpaired) electrons. The van der Waals surface area contributed by atoms with Gasteiger partial charge in [-0.15, -0.1) is 0 Å². The van der Waals surface area contributed by atoms with Gasteiger partial charge in [0.25, 0.3) is 0 Å². The SMILES string of the molecule is CC1(NC(=O)[C@@H]2CCCNC2)CCOCC1. The van der Waals surface area contributed by atoms with Crippen molar-refractivity contribution in [3.63, 3.8) is 0 Å². The average molecular weight is 226 g/mol. The van der Waals surface area contributed by atoms with Gasteiger partial charge in [-0.2, -0.15) is 0 Å². The number of hydrogen-bond donors (Lipinski definition) is 2. The Morgan fingerprint density at radius 3 is 2.81 bits per heavy atom. The van der Waals surface area contributed by atoms with E-state index in [4.69, 9.17) is 4.74 Å². The summed E-state index contributed by atoms with van der Waals surface area (Å²) in [5.41, 5.74) is -0.0488. The minimum Gasteiger partial charge on any atom is -0.381 e. The van der Waals surface area contributed by atoms with Crippen molar-refractivity contribution < 1.29 is 9.53 Å². The van der Waals surface area contributed by atoms with Crippen LogP contribution in [0.15, 0.2) is 0 Å². The molecule has 0 aromatic carbocycles. The van der Waals surface area contributed by atoms with E-state index in [0.29, 0.717) is 0 Å². The highest BCUT2D eigenvalue weighted by Gasteiger charge is 2.31. The van der Waals surface area contributed by atoms with Crippen molar-refractivity contribution in [1.29, 1.82) is 0 Å². The standard InChI is InChI=1S/C12H22N2O2/c1-12(4-7-16-8-5-12)14-11(15)10-3-2-6-13-9-10/h10,13H,2-9H2,1H3,(H,14,15)/t10-/m1/s1. The number of ether oxygens (including phenoxy) is 1. The zero-order valence-electron chi connectivity index (χ0n) is 10.1. The molecule has 2 aliphatic rings. The lowest BCUT2D eigenvalue weighted by atomic mass is 9.90. The maximum atomic E-state index is 12.1. The van der Waals surface area contributed by atoms with Crippen molar-refractivity contribution in [3.05, 3.63) is 0 Å². The van der Waals surface area contributed by atoms with Gasteiger partial charge in [0.1, 0.15) is 0 Å². The lowest BCUT2D eigenvalue weighted by molar-refractivity contribution is -0.128. The number of rotatable bonds is 2. The van der Waals surface area contributed by atoms with E-state index >= 15 is 0 Å². The fraction of sp³-hybridized carbons (Fsp3) is 0.917. The third-order valence-corrected chi connectivity index (χ3v) is 3.69. The molecular formula is C12H22N2O2. The summed E-state index contributed by atoms with van der Waals surface area (Å²) in [4.78, 5) is 12.1. The minimum atomic E-state index is -0.0488. The summed E-state index contributed by atoms with van der Waals surface area (Å²) in [5.74, 6) is 0.380. The molecule has 2 fully saturated rings. The second-order valence-corrected chi connectivity index (χ2v) is 5.21. The van der Waals surface area contributed by atoms with E-state index < -0.39 is 0 Å². The van der Waals surface area contributed by atoms with Gasteiger partial charge < -0.3 is 15.4 Å². The van der Waals surface area contributed by atoms with Crippen molar-refractivity contribution in [2.75, 3.05) is 26.3 Å². The molecule has 2 rings (SSSR count). The second kappa shape index (κ2) is 5.15. The van der Waals surface area contributed by atoms with Crippen molar-refractivity contribution in [1.82, 2.24) is 10.6 Å². The molecule has 2 heterocycles. The number of hydrogen-bond acceptors (Lipinski definition) is 3. The third-order valence-electron chi connectivity index (χ3n) is 3.69. The normalized spacial score (nSPS) is 29.7. The van der Waals surface area contributed by atoms with E-state index in [-0.39, 0.29) is 17.4 Å². The first-order valence-corrected chi connectivity index (χ1v) is 6.30. The molecule has 2 aliphatic heterocycles. The Kier molecular flexibility index (Phi) is 3.82. The smallest absolute Gasteiger partial charge is 0.224 e. The van der Waals surface area contributed by atoms with Crippen LogP contribution < -0.4 is 10.6 Å². The molecule has 1 atom stereocenters. The van der Waals surface area contributed by atoms with Crippen LogP contribution >= 0.6 is 0 Å². The first-order chi connectivity index (χ1) is 7.70. The fourth-order valence-corrected chi connectivity index (χ4v) is 2.42. The Morgan fingerprint density at radius 1 is 1.44 bits per heavy atom. The fourth-order valence-electron chi connectivity index (χ4n) is 2.42. The zero-order chi connectivity index (χ0) is 11.4. The van der Waals surface area contributed by atoms with Crippen LogP contribution in [0.4, 0.5) is 0 Å². The van der Waals surface area contributed by atoms with Crippen LogP contribution in [-0.2, 0) is 9.53 Å². The molecule has 0 spiro atoms. The second-order valence-electron chi connectivity index (χ2n) is 5.21. The first kappa shape index (κ1) is 11.9. The summed E-state index contributed by atoms with van der Waals surface area (Å²) < 4.78 is 5.33. The molecule has 0 aliphatic carbocycles. The molecule has 16 heavy (non-hydrogen) atoms. The van der Waals surface area contributed by atoms with E-state index in [0.717, 1.165) is 52.0 Å². The van der Waals surface area contributed by atoms with Gasteiger partial charge in [0, 0.05) is 25.3 Å². The highest BCUT2D eigenvalue weighted by Crippen LogP contribution is 2.21. The van der Waals surface area contributed by atoms with Crippen LogP contribution in [0.3, 0.4) is 0 Å². The lowest BCUT2D eigenvalue weighted by Gasteiger charge is -2.36. The van der Waals surface area contributed by atoms with Gasteiger partial charge in [0.05, 0.1) is 5.92 Å². The summed E-state index contributed by atoms with van der Waals surface area (Å²) in [6.07, 6.45) is 3.99. The molecular weight excluding hydrogens is 204 g/mol. The summed E-state index contributed by atoms with van der Waals surface area (Å²) in [6.45, 7) is 5.54. The van der Waals surface area contributed by atoms with Crippen LogP contribution in [-0.4, -0.2) is 37.7 Å². The predicted octanol–water partition coefficient (Wildman–Crippen LogP) is 0.671. The van der Waals surface area contributed by atoms with E-state index in [9.17, 15) is 4.79 Å². The van der Waals surface area contributed by atoms with Crippen molar-refractivity contribution in [2.45, 2.75) is 38.1 Å². The Labute approximate surface area is 97.1 Å². The third kappa shape index (κ3) is 2.95. The molecule has 1 amide bonds. The van der Waals surface area contributed by atoms with Gasteiger partial charge in [-0.25, -0.2) is 0 Å². The van der Waals surface area contributed by atoms with Gasteiger partial charge in [-0.3, -0.25) is 4.79 Å². The maximum absolute atomic E-state index is 12.1. The molecule has 0 saturated carbocycles. The van der Waals surface area contributed by atoms with Gasteiger partial charge >= 0.3 is 0 Å². The monoisotopic (exact) mass is 226 g/mol. The summed E-state index contributed by atoms with van der Waals surface area (Å²) in [7, 11) is 0. The van der Waals surface area contributed by atoms with Crippen molar-refractivity contribution in [2.24, 2.45) is 5.92 Å². The van der Waals surface area contributed by atoms with Crippen LogP contribution in [0, 0.1) is 5.92 Å². The van der Waals surface area contributed by atoms with E-state index in [1.165, 1.54) is 0 Å². The molecule has 92 valence electrons. The topological polar surface area (TPSA) is 50.4 Å². The minimum absolute atomic E-state index is 0.0488. The quantitative estimate of drug-likeness (QED) is 0.727. The average Bonchev–Trinajstić information content (AvgIpc) is 2.30. The highest BCUT2D eigenvalue weighted by atomic mass is 16.5. The van der Waals surface area contributed by atoms with E-state index in [2.05, 4.69) is 17.6 Å². The number of nitrogens with one attached hydrogen (secondary N) is 2.